The molecule has 0 aromatic rings. The molecule has 3 nitrogen and oxygen atoms in total. The Morgan fingerprint density at radius 3 is 2.35 bits per heavy atom. The van der Waals surface area contributed by atoms with Crippen LogP contribution in [0.25, 0.3) is 0 Å². The minimum atomic E-state index is -0.0182. The summed E-state index contributed by atoms with van der Waals surface area (Å²) in [6.07, 6.45) is 12.3. The van der Waals surface area contributed by atoms with Gasteiger partial charge in [0.05, 0.1) is 13.0 Å². The van der Waals surface area contributed by atoms with Crippen molar-refractivity contribution in [2.45, 2.75) is 84.1 Å². The summed E-state index contributed by atoms with van der Waals surface area (Å²) in [5.41, 5.74) is 0. The zero-order valence-electron chi connectivity index (χ0n) is 13.5. The van der Waals surface area contributed by atoms with Crippen LogP contribution in [0.3, 0.4) is 0 Å². The van der Waals surface area contributed by atoms with E-state index in [-0.39, 0.29) is 5.97 Å². The Morgan fingerprint density at radius 2 is 1.70 bits per heavy atom. The number of carbonyl (C=O) groups is 1. The highest BCUT2D eigenvalue weighted by Gasteiger charge is 2.24. The van der Waals surface area contributed by atoms with Crippen molar-refractivity contribution in [3.8, 4) is 0 Å². The fraction of sp³-hybridized carbons (Fsp3) is 0.941. The topological polar surface area (TPSA) is 29.5 Å². The molecule has 1 fully saturated rings. The first-order valence-corrected chi connectivity index (χ1v) is 8.67. The predicted molar refractivity (Wildman–Crippen MR) is 83.8 cm³/mol. The predicted octanol–water partition coefficient (Wildman–Crippen LogP) is 4.15. The minimum Gasteiger partial charge on any atom is -0.466 e. The van der Waals surface area contributed by atoms with Gasteiger partial charge in [0.2, 0.25) is 0 Å². The minimum absolute atomic E-state index is 0.0182. The third-order valence-electron chi connectivity index (χ3n) is 4.26. The van der Waals surface area contributed by atoms with Gasteiger partial charge in [0.15, 0.2) is 0 Å². The van der Waals surface area contributed by atoms with Gasteiger partial charge in [-0.2, -0.15) is 0 Å². The highest BCUT2D eigenvalue weighted by molar-refractivity contribution is 5.70. The molecular formula is C17H33NO2. The van der Waals surface area contributed by atoms with Crippen molar-refractivity contribution >= 4 is 5.97 Å². The number of esters is 1. The van der Waals surface area contributed by atoms with E-state index in [1.807, 2.05) is 6.92 Å². The standard InChI is InChI=1S/C17H33NO2/c1-3-5-6-7-8-9-12-16(15-17(19)20-4-2)18-13-10-11-14-18/h16H,3-15H2,1-2H3. The molecule has 0 aromatic heterocycles. The molecule has 1 unspecified atom stereocenters. The molecule has 1 heterocycles. The Morgan fingerprint density at radius 1 is 1.05 bits per heavy atom. The SMILES string of the molecule is CCCCCCCCC(CC(=O)OCC)N1CCCC1. The fourth-order valence-electron chi connectivity index (χ4n) is 3.09. The van der Waals surface area contributed by atoms with E-state index in [9.17, 15) is 4.79 Å². The monoisotopic (exact) mass is 283 g/mol. The molecule has 20 heavy (non-hydrogen) atoms. The van der Waals surface area contributed by atoms with Crippen LogP contribution in [0, 0.1) is 0 Å². The maximum atomic E-state index is 11.7. The van der Waals surface area contributed by atoms with Crippen LogP contribution in [0.5, 0.6) is 0 Å². The van der Waals surface area contributed by atoms with Crippen molar-refractivity contribution < 1.29 is 9.53 Å². The number of carbonyl (C=O) groups excluding carboxylic acids is 1. The van der Waals surface area contributed by atoms with Gasteiger partial charge in [0, 0.05) is 6.04 Å². The van der Waals surface area contributed by atoms with E-state index in [0.717, 1.165) is 6.42 Å². The molecule has 1 aliphatic heterocycles. The summed E-state index contributed by atoms with van der Waals surface area (Å²) >= 11 is 0. The molecule has 0 radical (unpaired) electrons. The maximum Gasteiger partial charge on any atom is 0.307 e. The van der Waals surface area contributed by atoms with Gasteiger partial charge in [-0.1, -0.05) is 45.4 Å². The van der Waals surface area contributed by atoms with Crippen LogP contribution in [0.1, 0.15) is 78.1 Å². The Hall–Kier alpha value is -0.570. The molecule has 0 amide bonds. The Kier molecular flexibility index (Phi) is 9.73. The zero-order chi connectivity index (χ0) is 14.6. The van der Waals surface area contributed by atoms with Crippen LogP contribution in [-0.2, 0) is 9.53 Å². The molecule has 1 rings (SSSR count). The number of unbranched alkanes of at least 4 members (excludes halogenated alkanes) is 5. The van der Waals surface area contributed by atoms with Crippen molar-refractivity contribution in [2.75, 3.05) is 19.7 Å². The number of hydrogen-bond donors (Lipinski definition) is 0. The lowest BCUT2D eigenvalue weighted by Gasteiger charge is -2.26. The van der Waals surface area contributed by atoms with E-state index in [4.69, 9.17) is 4.74 Å². The first kappa shape index (κ1) is 17.5. The van der Waals surface area contributed by atoms with Gasteiger partial charge in [-0.05, 0) is 39.3 Å². The van der Waals surface area contributed by atoms with Crippen LogP contribution < -0.4 is 0 Å². The first-order valence-electron chi connectivity index (χ1n) is 8.67. The van der Waals surface area contributed by atoms with Crippen LogP contribution in [0.2, 0.25) is 0 Å². The molecule has 1 saturated heterocycles. The smallest absolute Gasteiger partial charge is 0.307 e. The number of hydrogen-bond acceptors (Lipinski definition) is 3. The maximum absolute atomic E-state index is 11.7. The second-order valence-electron chi connectivity index (χ2n) is 5.96. The average molecular weight is 283 g/mol. The summed E-state index contributed by atoms with van der Waals surface area (Å²) in [6.45, 7) is 6.97. The van der Waals surface area contributed by atoms with Crippen LogP contribution >= 0.6 is 0 Å². The largest absolute Gasteiger partial charge is 0.466 e. The lowest BCUT2D eigenvalue weighted by atomic mass is 10.0. The number of likely N-dealkylation sites (tertiary alicyclic amines) is 1. The summed E-state index contributed by atoms with van der Waals surface area (Å²) in [5, 5.41) is 0. The Balaban J connectivity index is 2.25. The van der Waals surface area contributed by atoms with Gasteiger partial charge >= 0.3 is 5.97 Å². The lowest BCUT2D eigenvalue weighted by molar-refractivity contribution is -0.144. The molecule has 118 valence electrons. The van der Waals surface area contributed by atoms with Crippen molar-refractivity contribution in [3.63, 3.8) is 0 Å². The molecule has 0 spiro atoms. The van der Waals surface area contributed by atoms with Gasteiger partial charge in [0.25, 0.3) is 0 Å². The summed E-state index contributed by atoms with van der Waals surface area (Å²) in [4.78, 5) is 14.2. The number of rotatable bonds is 11. The molecule has 0 N–H and O–H groups in total. The van der Waals surface area contributed by atoms with Crippen molar-refractivity contribution in [1.82, 2.24) is 4.90 Å². The van der Waals surface area contributed by atoms with Gasteiger partial charge in [-0.15, -0.1) is 0 Å². The zero-order valence-corrected chi connectivity index (χ0v) is 13.5. The van der Waals surface area contributed by atoms with Crippen molar-refractivity contribution in [2.24, 2.45) is 0 Å². The number of nitrogens with zero attached hydrogens (tertiary/aromatic N) is 1. The lowest BCUT2D eigenvalue weighted by Crippen LogP contribution is -2.35. The van der Waals surface area contributed by atoms with Gasteiger partial charge in [-0.25, -0.2) is 0 Å². The van der Waals surface area contributed by atoms with E-state index < -0.39 is 0 Å². The summed E-state index contributed by atoms with van der Waals surface area (Å²) < 4.78 is 5.13. The van der Waals surface area contributed by atoms with E-state index >= 15 is 0 Å². The molecule has 0 bridgehead atoms. The van der Waals surface area contributed by atoms with Crippen LogP contribution in [0.15, 0.2) is 0 Å². The van der Waals surface area contributed by atoms with Gasteiger partial charge < -0.3 is 4.74 Å². The van der Waals surface area contributed by atoms with E-state index in [1.54, 1.807) is 0 Å². The average Bonchev–Trinajstić information content (AvgIpc) is 2.95. The molecule has 1 atom stereocenters. The second kappa shape index (κ2) is 11.1. The molecule has 1 aliphatic rings. The van der Waals surface area contributed by atoms with E-state index in [1.165, 1.54) is 64.5 Å². The fourth-order valence-corrected chi connectivity index (χ4v) is 3.09. The van der Waals surface area contributed by atoms with Gasteiger partial charge in [-0.3, -0.25) is 9.69 Å². The Bertz CT molecular complexity index is 249. The molecule has 0 saturated carbocycles. The molecule has 0 aliphatic carbocycles. The Labute approximate surface area is 125 Å². The van der Waals surface area contributed by atoms with Crippen molar-refractivity contribution in [3.05, 3.63) is 0 Å². The normalized spacial score (nSPS) is 17.3. The van der Waals surface area contributed by atoms with Crippen LogP contribution in [-0.4, -0.2) is 36.6 Å². The van der Waals surface area contributed by atoms with Crippen molar-refractivity contribution in [1.29, 1.82) is 0 Å². The third-order valence-corrected chi connectivity index (χ3v) is 4.26. The second-order valence-corrected chi connectivity index (χ2v) is 5.96. The summed E-state index contributed by atoms with van der Waals surface area (Å²) in [7, 11) is 0. The highest BCUT2D eigenvalue weighted by atomic mass is 16.5. The quantitative estimate of drug-likeness (QED) is 0.421. The van der Waals surface area contributed by atoms with E-state index in [0.29, 0.717) is 19.1 Å². The molecular weight excluding hydrogens is 250 g/mol. The molecule has 3 heteroatoms. The highest BCUT2D eigenvalue weighted by Crippen LogP contribution is 2.20. The first-order chi connectivity index (χ1) is 9.77. The molecule has 0 aromatic carbocycles. The van der Waals surface area contributed by atoms with Gasteiger partial charge in [0.1, 0.15) is 0 Å². The van der Waals surface area contributed by atoms with E-state index in [2.05, 4.69) is 11.8 Å². The van der Waals surface area contributed by atoms with Crippen LogP contribution in [0.4, 0.5) is 0 Å². The summed E-state index contributed by atoms with van der Waals surface area (Å²) in [5.74, 6) is -0.0182. The summed E-state index contributed by atoms with van der Waals surface area (Å²) in [6, 6.07) is 0.419. The third kappa shape index (κ3) is 7.28. The number of ether oxygens (including phenoxy) is 1.